The molecule has 0 aliphatic heterocycles. The number of hydrogen-bond acceptors (Lipinski definition) is 3. The van der Waals surface area contributed by atoms with Gasteiger partial charge in [0.2, 0.25) is 5.91 Å². The van der Waals surface area contributed by atoms with E-state index in [1.807, 2.05) is 49.4 Å². The quantitative estimate of drug-likeness (QED) is 0.534. The number of carbonyl (C=O) groups is 1. The van der Waals surface area contributed by atoms with Crippen molar-refractivity contribution in [1.82, 2.24) is 0 Å². The van der Waals surface area contributed by atoms with Crippen LogP contribution in [-0.2, 0) is 4.79 Å². The molecule has 1 atom stereocenters. The lowest BCUT2D eigenvalue weighted by Crippen LogP contribution is -2.19. The van der Waals surface area contributed by atoms with E-state index in [0.717, 1.165) is 5.56 Å². The highest BCUT2D eigenvalue weighted by molar-refractivity contribution is 8.00. The lowest BCUT2D eigenvalue weighted by atomic mass is 10.1. The standard InChI is InChI=1S/C22H20FNO2S/c1-2-26-19-14-8-7-13-18(19)24-22(25)21(16-10-4-3-5-11-16)27-20-15-9-6-12-17(20)23/h3-15,21H,2H2,1H3,(H,24,25)/t21-/m1/s1. The zero-order valence-electron chi connectivity index (χ0n) is 14.9. The van der Waals surface area contributed by atoms with Crippen LogP contribution in [0.3, 0.4) is 0 Å². The fourth-order valence-electron chi connectivity index (χ4n) is 2.62. The summed E-state index contributed by atoms with van der Waals surface area (Å²) in [6, 6.07) is 23.1. The van der Waals surface area contributed by atoms with Crippen LogP contribution >= 0.6 is 11.8 Å². The Morgan fingerprint density at radius 1 is 1.00 bits per heavy atom. The first kappa shape index (κ1) is 19.0. The zero-order valence-corrected chi connectivity index (χ0v) is 15.7. The summed E-state index contributed by atoms with van der Waals surface area (Å²) in [4.78, 5) is 13.5. The fraction of sp³-hybridized carbons (Fsp3) is 0.136. The van der Waals surface area contributed by atoms with Gasteiger partial charge in [0.15, 0.2) is 0 Å². The highest BCUT2D eigenvalue weighted by atomic mass is 32.2. The highest BCUT2D eigenvalue weighted by Crippen LogP contribution is 2.38. The summed E-state index contributed by atoms with van der Waals surface area (Å²) in [7, 11) is 0. The average Bonchev–Trinajstić information content (AvgIpc) is 2.69. The van der Waals surface area contributed by atoms with E-state index in [-0.39, 0.29) is 11.7 Å². The number of benzene rings is 3. The van der Waals surface area contributed by atoms with Crippen LogP contribution in [0.15, 0.2) is 83.8 Å². The molecule has 0 saturated carbocycles. The maximum absolute atomic E-state index is 14.1. The van der Waals surface area contributed by atoms with E-state index in [2.05, 4.69) is 5.32 Å². The minimum absolute atomic E-state index is 0.235. The molecule has 3 aromatic rings. The maximum atomic E-state index is 14.1. The smallest absolute Gasteiger partial charge is 0.242 e. The number of anilines is 1. The molecule has 138 valence electrons. The van der Waals surface area contributed by atoms with E-state index >= 15 is 0 Å². The molecule has 1 N–H and O–H groups in total. The largest absolute Gasteiger partial charge is 0.492 e. The van der Waals surface area contributed by atoms with Crippen molar-refractivity contribution in [3.8, 4) is 5.75 Å². The van der Waals surface area contributed by atoms with Gasteiger partial charge in [-0.05, 0) is 36.8 Å². The summed E-state index contributed by atoms with van der Waals surface area (Å²) < 4.78 is 19.7. The van der Waals surface area contributed by atoms with Gasteiger partial charge in [0.1, 0.15) is 16.8 Å². The van der Waals surface area contributed by atoms with Gasteiger partial charge in [-0.2, -0.15) is 0 Å². The Kier molecular flexibility index (Phi) is 6.49. The van der Waals surface area contributed by atoms with Gasteiger partial charge >= 0.3 is 0 Å². The zero-order chi connectivity index (χ0) is 19.1. The molecule has 5 heteroatoms. The molecule has 0 aliphatic carbocycles. The molecule has 0 spiro atoms. The van der Waals surface area contributed by atoms with Gasteiger partial charge < -0.3 is 10.1 Å². The number of hydrogen-bond donors (Lipinski definition) is 1. The molecule has 0 fully saturated rings. The summed E-state index contributed by atoms with van der Waals surface area (Å²) in [5, 5.41) is 2.33. The third-order valence-corrected chi connectivity index (χ3v) is 5.17. The van der Waals surface area contributed by atoms with Crippen molar-refractivity contribution < 1.29 is 13.9 Å². The van der Waals surface area contributed by atoms with E-state index in [1.54, 1.807) is 30.3 Å². The van der Waals surface area contributed by atoms with Gasteiger partial charge in [0.25, 0.3) is 0 Å². The van der Waals surface area contributed by atoms with E-state index in [9.17, 15) is 9.18 Å². The molecule has 0 unspecified atom stereocenters. The van der Waals surface area contributed by atoms with Gasteiger partial charge in [0, 0.05) is 4.90 Å². The number of rotatable bonds is 7. The van der Waals surface area contributed by atoms with E-state index in [1.165, 1.54) is 17.8 Å². The summed E-state index contributed by atoms with van der Waals surface area (Å²) in [5.41, 5.74) is 1.40. The normalized spacial score (nSPS) is 11.6. The van der Waals surface area contributed by atoms with Crippen molar-refractivity contribution in [3.05, 3.63) is 90.2 Å². The molecular formula is C22H20FNO2S. The molecule has 3 nitrogen and oxygen atoms in total. The number of thioether (sulfide) groups is 1. The van der Waals surface area contributed by atoms with Crippen molar-refractivity contribution in [2.75, 3.05) is 11.9 Å². The Morgan fingerprint density at radius 3 is 2.41 bits per heavy atom. The second-order valence-electron chi connectivity index (χ2n) is 5.76. The Hall–Kier alpha value is -2.79. The number of amides is 1. The van der Waals surface area contributed by atoms with Gasteiger partial charge in [-0.15, -0.1) is 11.8 Å². The summed E-state index contributed by atoms with van der Waals surface area (Å²) in [5.74, 6) is 0.0311. The van der Waals surface area contributed by atoms with E-state index in [0.29, 0.717) is 22.9 Å². The van der Waals surface area contributed by atoms with Crippen molar-refractivity contribution in [3.63, 3.8) is 0 Å². The van der Waals surface area contributed by atoms with Crippen LogP contribution in [0.4, 0.5) is 10.1 Å². The Balaban J connectivity index is 1.89. The molecule has 0 saturated heterocycles. The topological polar surface area (TPSA) is 38.3 Å². The SMILES string of the molecule is CCOc1ccccc1NC(=O)[C@H](Sc1ccccc1F)c1ccccc1. The molecule has 0 radical (unpaired) electrons. The fourth-order valence-corrected chi connectivity index (χ4v) is 3.67. The average molecular weight is 381 g/mol. The monoisotopic (exact) mass is 381 g/mol. The number of halogens is 1. The third-order valence-electron chi connectivity index (χ3n) is 3.87. The van der Waals surface area contributed by atoms with Crippen LogP contribution in [0.1, 0.15) is 17.7 Å². The predicted octanol–water partition coefficient (Wildman–Crippen LogP) is 5.70. The Labute approximate surface area is 162 Å². The second kappa shape index (κ2) is 9.24. The van der Waals surface area contributed by atoms with Gasteiger partial charge in [-0.25, -0.2) is 4.39 Å². The Morgan fingerprint density at radius 2 is 1.67 bits per heavy atom. The first-order chi connectivity index (χ1) is 13.2. The van der Waals surface area contributed by atoms with E-state index in [4.69, 9.17) is 4.74 Å². The summed E-state index contributed by atoms with van der Waals surface area (Å²) in [6.07, 6.45) is 0. The first-order valence-corrected chi connectivity index (χ1v) is 9.56. The number of nitrogens with one attached hydrogen (secondary N) is 1. The van der Waals surface area contributed by atoms with Crippen LogP contribution in [0, 0.1) is 5.82 Å². The third kappa shape index (κ3) is 4.89. The molecule has 0 bridgehead atoms. The predicted molar refractivity (Wildman–Crippen MR) is 108 cm³/mol. The number of ether oxygens (including phenoxy) is 1. The molecule has 1 amide bonds. The first-order valence-electron chi connectivity index (χ1n) is 8.68. The molecule has 0 aromatic heterocycles. The van der Waals surface area contributed by atoms with Crippen molar-refractivity contribution in [2.45, 2.75) is 17.1 Å². The van der Waals surface area contributed by atoms with E-state index < -0.39 is 5.25 Å². The van der Waals surface area contributed by atoms with Crippen molar-refractivity contribution in [1.29, 1.82) is 0 Å². The van der Waals surface area contributed by atoms with Crippen molar-refractivity contribution in [2.24, 2.45) is 0 Å². The van der Waals surface area contributed by atoms with Crippen LogP contribution < -0.4 is 10.1 Å². The minimum atomic E-state index is -0.599. The van der Waals surface area contributed by atoms with Crippen LogP contribution in [-0.4, -0.2) is 12.5 Å². The molecule has 0 heterocycles. The lowest BCUT2D eigenvalue weighted by Gasteiger charge is -2.18. The molecule has 3 rings (SSSR count). The lowest BCUT2D eigenvalue weighted by molar-refractivity contribution is -0.115. The minimum Gasteiger partial charge on any atom is -0.492 e. The molecular weight excluding hydrogens is 361 g/mol. The molecule has 3 aromatic carbocycles. The number of para-hydroxylation sites is 2. The van der Waals surface area contributed by atoms with Gasteiger partial charge in [-0.1, -0.05) is 54.6 Å². The van der Waals surface area contributed by atoms with Crippen LogP contribution in [0.2, 0.25) is 0 Å². The summed E-state index contributed by atoms with van der Waals surface area (Å²) in [6.45, 7) is 2.39. The Bertz CT molecular complexity index is 902. The van der Waals surface area contributed by atoms with Crippen LogP contribution in [0.25, 0.3) is 0 Å². The number of carbonyl (C=O) groups excluding carboxylic acids is 1. The van der Waals surface area contributed by atoms with Crippen LogP contribution in [0.5, 0.6) is 5.75 Å². The van der Waals surface area contributed by atoms with Gasteiger partial charge in [-0.3, -0.25) is 4.79 Å². The highest BCUT2D eigenvalue weighted by Gasteiger charge is 2.24. The second-order valence-corrected chi connectivity index (χ2v) is 6.90. The molecule has 0 aliphatic rings. The maximum Gasteiger partial charge on any atom is 0.242 e. The van der Waals surface area contributed by atoms with Gasteiger partial charge in [0.05, 0.1) is 12.3 Å². The molecule has 27 heavy (non-hydrogen) atoms. The summed E-state index contributed by atoms with van der Waals surface area (Å²) >= 11 is 1.19. The van der Waals surface area contributed by atoms with Crippen molar-refractivity contribution >= 4 is 23.4 Å².